The van der Waals surface area contributed by atoms with Crippen molar-refractivity contribution < 1.29 is 9.63 Å². The number of aromatic hydroxyl groups is 1. The van der Waals surface area contributed by atoms with E-state index in [9.17, 15) is 5.11 Å². The third-order valence-corrected chi connectivity index (χ3v) is 2.94. The molecule has 20 heavy (non-hydrogen) atoms. The van der Waals surface area contributed by atoms with Crippen LogP contribution in [0.5, 0.6) is 5.75 Å². The molecule has 6 nitrogen and oxygen atoms in total. The lowest BCUT2D eigenvalue weighted by atomic mass is 10.1. The van der Waals surface area contributed by atoms with Crippen LogP contribution in [-0.4, -0.2) is 25.2 Å². The van der Waals surface area contributed by atoms with Crippen LogP contribution in [0.2, 0.25) is 0 Å². The fraction of sp³-hybridized carbons (Fsp3) is 0.143. The summed E-state index contributed by atoms with van der Waals surface area (Å²) in [6.45, 7) is 2.04. The first-order chi connectivity index (χ1) is 9.79. The van der Waals surface area contributed by atoms with E-state index in [0.29, 0.717) is 17.1 Å². The third kappa shape index (κ3) is 2.11. The Morgan fingerprint density at radius 1 is 1.25 bits per heavy atom. The van der Waals surface area contributed by atoms with E-state index in [4.69, 9.17) is 4.52 Å². The normalized spacial score (nSPS) is 10.7. The van der Waals surface area contributed by atoms with E-state index in [0.717, 1.165) is 12.0 Å². The quantitative estimate of drug-likeness (QED) is 0.785. The Balaban J connectivity index is 2.05. The first-order valence-electron chi connectivity index (χ1n) is 6.21. The highest BCUT2D eigenvalue weighted by atomic mass is 16.5. The van der Waals surface area contributed by atoms with Crippen molar-refractivity contribution in [3.05, 3.63) is 42.4 Å². The molecule has 0 spiro atoms. The number of nitrogens with zero attached hydrogens (tertiary/aromatic N) is 4. The van der Waals surface area contributed by atoms with Gasteiger partial charge in [-0.05, 0) is 24.1 Å². The number of aryl methyl sites for hydroxylation is 1. The van der Waals surface area contributed by atoms with Crippen molar-refractivity contribution in [2.24, 2.45) is 0 Å². The molecule has 3 heterocycles. The molecule has 0 fully saturated rings. The molecular weight excluding hydrogens is 256 g/mol. The van der Waals surface area contributed by atoms with E-state index >= 15 is 0 Å². The molecular formula is C14H12N4O2. The fourth-order valence-corrected chi connectivity index (χ4v) is 1.92. The number of rotatable bonds is 3. The van der Waals surface area contributed by atoms with E-state index < -0.39 is 0 Å². The number of hydrogen-bond donors (Lipinski definition) is 1. The van der Waals surface area contributed by atoms with Gasteiger partial charge >= 0.3 is 0 Å². The predicted molar refractivity (Wildman–Crippen MR) is 71.8 cm³/mol. The van der Waals surface area contributed by atoms with Gasteiger partial charge in [-0.2, -0.15) is 4.98 Å². The minimum absolute atomic E-state index is 0.000522. The van der Waals surface area contributed by atoms with Gasteiger partial charge in [-0.25, -0.2) is 0 Å². The number of hydrogen-bond acceptors (Lipinski definition) is 6. The highest BCUT2D eigenvalue weighted by Gasteiger charge is 2.16. The number of aromatic nitrogens is 4. The lowest BCUT2D eigenvalue weighted by Crippen LogP contribution is -1.92. The molecule has 0 aromatic carbocycles. The molecule has 0 unspecified atom stereocenters. The second kappa shape index (κ2) is 5.08. The van der Waals surface area contributed by atoms with Crippen molar-refractivity contribution >= 4 is 0 Å². The van der Waals surface area contributed by atoms with Gasteiger partial charge in [-0.1, -0.05) is 18.1 Å². The van der Waals surface area contributed by atoms with Crippen molar-refractivity contribution in [2.45, 2.75) is 13.3 Å². The van der Waals surface area contributed by atoms with Crippen LogP contribution in [0.4, 0.5) is 0 Å². The van der Waals surface area contributed by atoms with Gasteiger partial charge in [0, 0.05) is 12.4 Å². The smallest absolute Gasteiger partial charge is 0.262 e. The van der Waals surface area contributed by atoms with Crippen molar-refractivity contribution in [3.63, 3.8) is 0 Å². The zero-order valence-corrected chi connectivity index (χ0v) is 10.8. The summed E-state index contributed by atoms with van der Waals surface area (Å²) in [4.78, 5) is 12.4. The Morgan fingerprint density at radius 2 is 2.15 bits per heavy atom. The third-order valence-electron chi connectivity index (χ3n) is 2.94. The van der Waals surface area contributed by atoms with Gasteiger partial charge in [0.15, 0.2) is 0 Å². The zero-order valence-electron chi connectivity index (χ0n) is 10.8. The standard InChI is InChI=1S/C14H12N4O2/c1-2-9-4-3-6-16-12(9)13-17-14(20-18-13)10-5-7-15-8-11(10)19/h3-8,19H,2H2,1H3. The van der Waals surface area contributed by atoms with E-state index in [2.05, 4.69) is 20.1 Å². The van der Waals surface area contributed by atoms with Gasteiger partial charge in [0.2, 0.25) is 5.82 Å². The molecule has 0 aliphatic heterocycles. The predicted octanol–water partition coefficient (Wildman–Crippen LogP) is 2.46. The summed E-state index contributed by atoms with van der Waals surface area (Å²) < 4.78 is 5.20. The van der Waals surface area contributed by atoms with E-state index in [1.165, 1.54) is 6.20 Å². The maximum absolute atomic E-state index is 9.74. The summed E-state index contributed by atoms with van der Waals surface area (Å²) in [7, 11) is 0. The van der Waals surface area contributed by atoms with Gasteiger partial charge in [-0.3, -0.25) is 9.97 Å². The zero-order chi connectivity index (χ0) is 13.9. The first kappa shape index (κ1) is 12.3. The largest absolute Gasteiger partial charge is 0.505 e. The summed E-state index contributed by atoms with van der Waals surface area (Å²) >= 11 is 0. The van der Waals surface area contributed by atoms with Crippen LogP contribution in [0.15, 0.2) is 41.3 Å². The van der Waals surface area contributed by atoms with Gasteiger partial charge in [-0.15, -0.1) is 0 Å². The lowest BCUT2D eigenvalue weighted by molar-refractivity contribution is 0.425. The van der Waals surface area contributed by atoms with Gasteiger partial charge in [0.25, 0.3) is 5.89 Å². The Labute approximate surface area is 115 Å². The lowest BCUT2D eigenvalue weighted by Gasteiger charge is -2.00. The monoisotopic (exact) mass is 268 g/mol. The molecule has 100 valence electrons. The fourth-order valence-electron chi connectivity index (χ4n) is 1.92. The highest BCUT2D eigenvalue weighted by Crippen LogP contribution is 2.28. The van der Waals surface area contributed by atoms with Gasteiger partial charge < -0.3 is 9.63 Å². The van der Waals surface area contributed by atoms with E-state index in [1.54, 1.807) is 18.5 Å². The summed E-state index contributed by atoms with van der Waals surface area (Å²) in [5.41, 5.74) is 2.19. The SMILES string of the molecule is CCc1cccnc1-c1noc(-c2ccncc2O)n1. The molecule has 0 amide bonds. The topological polar surface area (TPSA) is 84.9 Å². The van der Waals surface area contributed by atoms with Crippen molar-refractivity contribution in [1.82, 2.24) is 20.1 Å². The van der Waals surface area contributed by atoms with Gasteiger partial charge in [0.1, 0.15) is 11.4 Å². The minimum atomic E-state index is -0.000522. The summed E-state index contributed by atoms with van der Waals surface area (Å²) in [5, 5.41) is 13.7. The van der Waals surface area contributed by atoms with Crippen molar-refractivity contribution in [2.75, 3.05) is 0 Å². The molecule has 3 aromatic rings. The van der Waals surface area contributed by atoms with Crippen LogP contribution in [0.1, 0.15) is 12.5 Å². The van der Waals surface area contributed by atoms with Crippen LogP contribution in [0, 0.1) is 0 Å². The number of pyridine rings is 2. The molecule has 0 radical (unpaired) electrons. The van der Waals surface area contributed by atoms with Crippen molar-refractivity contribution in [3.8, 4) is 28.7 Å². The average molecular weight is 268 g/mol. The van der Waals surface area contributed by atoms with E-state index in [-0.39, 0.29) is 11.6 Å². The molecule has 3 aromatic heterocycles. The second-order valence-corrected chi connectivity index (χ2v) is 4.18. The van der Waals surface area contributed by atoms with E-state index in [1.807, 2.05) is 19.1 Å². The molecule has 0 saturated carbocycles. The van der Waals surface area contributed by atoms with Crippen LogP contribution < -0.4 is 0 Å². The Bertz CT molecular complexity index is 739. The molecule has 1 N–H and O–H groups in total. The average Bonchev–Trinajstić information content (AvgIpc) is 2.97. The molecule has 0 bridgehead atoms. The molecule has 6 heteroatoms. The molecule has 0 saturated heterocycles. The summed E-state index contributed by atoms with van der Waals surface area (Å²) in [5.74, 6) is 0.653. The second-order valence-electron chi connectivity index (χ2n) is 4.18. The molecule has 0 atom stereocenters. The molecule has 0 aliphatic rings. The summed E-state index contributed by atoms with van der Waals surface area (Å²) in [6, 6.07) is 5.46. The van der Waals surface area contributed by atoms with Gasteiger partial charge in [0.05, 0.1) is 11.8 Å². The van der Waals surface area contributed by atoms with Crippen LogP contribution in [0.3, 0.4) is 0 Å². The van der Waals surface area contributed by atoms with Crippen LogP contribution >= 0.6 is 0 Å². The molecule has 3 rings (SSSR count). The summed E-state index contributed by atoms with van der Waals surface area (Å²) in [6.07, 6.45) is 5.40. The minimum Gasteiger partial charge on any atom is -0.505 e. The maximum atomic E-state index is 9.74. The first-order valence-corrected chi connectivity index (χ1v) is 6.21. The van der Waals surface area contributed by atoms with Crippen LogP contribution in [-0.2, 0) is 6.42 Å². The van der Waals surface area contributed by atoms with Crippen LogP contribution in [0.25, 0.3) is 23.0 Å². The Hall–Kier alpha value is -2.76. The Kier molecular flexibility index (Phi) is 3.12. The Morgan fingerprint density at radius 3 is 2.95 bits per heavy atom. The van der Waals surface area contributed by atoms with Crippen molar-refractivity contribution in [1.29, 1.82) is 0 Å². The molecule has 0 aliphatic carbocycles. The maximum Gasteiger partial charge on any atom is 0.262 e. The highest BCUT2D eigenvalue weighted by molar-refractivity contribution is 5.63.